The van der Waals surface area contributed by atoms with Crippen molar-refractivity contribution >= 4 is 0 Å². The van der Waals surface area contributed by atoms with Crippen LogP contribution >= 0.6 is 0 Å². The van der Waals surface area contributed by atoms with E-state index >= 15 is 0 Å². The van der Waals surface area contributed by atoms with Crippen molar-refractivity contribution in [2.45, 2.75) is 18.8 Å². The van der Waals surface area contributed by atoms with Gasteiger partial charge in [-0.3, -0.25) is 7.05 Å². The van der Waals surface area contributed by atoms with Crippen molar-refractivity contribution in [2.75, 3.05) is 13.1 Å². The molecule has 1 aliphatic heterocycles. The van der Waals surface area contributed by atoms with E-state index in [9.17, 15) is 0 Å². The Morgan fingerprint density at radius 1 is 1.36 bits per heavy atom. The van der Waals surface area contributed by atoms with Crippen LogP contribution in [0.1, 0.15) is 24.7 Å². The largest absolute Gasteiger partial charge is 2.00 e. The third-order valence-electron chi connectivity index (χ3n) is 4.45. The van der Waals surface area contributed by atoms with E-state index in [1.165, 1.54) is 11.0 Å². The van der Waals surface area contributed by atoms with Gasteiger partial charge in [-0.1, -0.05) is 37.3 Å². The molecule has 0 spiro atoms. The van der Waals surface area contributed by atoms with E-state index in [1.807, 2.05) is 13.1 Å². The second kappa shape index (κ2) is 10.1. The molecule has 2 aromatic rings. The van der Waals surface area contributed by atoms with E-state index < -0.39 is 0 Å². The first-order valence-corrected chi connectivity index (χ1v) is 7.75. The fourth-order valence-electron chi connectivity index (χ4n) is 3.30. The van der Waals surface area contributed by atoms with E-state index in [0.29, 0.717) is 12.6 Å². The van der Waals surface area contributed by atoms with Gasteiger partial charge in [0.1, 0.15) is 0 Å². The van der Waals surface area contributed by atoms with Crippen LogP contribution in [0, 0.1) is 19.7 Å². The summed E-state index contributed by atoms with van der Waals surface area (Å²) in [5.74, 6) is 1.21. The number of hydrogen-bond acceptors (Lipinski definition) is 7. The van der Waals surface area contributed by atoms with Crippen molar-refractivity contribution in [1.82, 2.24) is 30.6 Å². The Morgan fingerprint density at radius 2 is 2.00 bits per heavy atom. The van der Waals surface area contributed by atoms with Crippen LogP contribution < -0.4 is 5.48 Å². The SMILES string of the molecule is O[CH-]NO.[CH2-]N1CCC(c2ccccc2)(c2nnn(C)n2)C(C)C1.[W+2]. The predicted octanol–water partition coefficient (Wildman–Crippen LogP) is 1.08. The number of hydrogen-bond donors (Lipinski definition) is 3. The molecule has 2 heterocycles. The maximum absolute atomic E-state index is 7.39. The molecule has 0 bridgehead atoms. The Kier molecular flexibility index (Phi) is 8.82. The number of rotatable bonds is 3. The Hall–Kier alpha value is -1.18. The van der Waals surface area contributed by atoms with E-state index in [1.54, 1.807) is 4.80 Å². The molecule has 2 atom stereocenters. The summed E-state index contributed by atoms with van der Waals surface area (Å²) in [5, 5.41) is 27.6. The van der Waals surface area contributed by atoms with Crippen LogP contribution in [-0.2, 0) is 33.5 Å². The molecule has 8 nitrogen and oxygen atoms in total. The summed E-state index contributed by atoms with van der Waals surface area (Å²) in [4.78, 5) is 3.67. The van der Waals surface area contributed by atoms with Crippen LogP contribution in [0.15, 0.2) is 30.3 Å². The zero-order chi connectivity index (χ0) is 17.6. The van der Waals surface area contributed by atoms with Crippen LogP contribution in [0.2, 0.25) is 0 Å². The number of aliphatic hydroxyl groups is 1. The molecule has 0 amide bonds. The number of hydroxylamine groups is 1. The molecule has 0 aliphatic carbocycles. The summed E-state index contributed by atoms with van der Waals surface area (Å²) in [6, 6.07) is 10.5. The summed E-state index contributed by atoms with van der Waals surface area (Å²) < 4.78 is 0. The second-order valence-electron chi connectivity index (χ2n) is 5.93. The average Bonchev–Trinajstić information content (AvgIpc) is 3.03. The molecule has 2 unspecified atom stereocenters. The molecule has 25 heavy (non-hydrogen) atoms. The van der Waals surface area contributed by atoms with Crippen LogP contribution in [-0.4, -0.2) is 48.5 Å². The predicted molar refractivity (Wildman–Crippen MR) is 87.9 cm³/mol. The molecule has 136 valence electrons. The van der Waals surface area contributed by atoms with Gasteiger partial charge in [-0.15, -0.1) is 16.9 Å². The number of aliphatic hydroxyl groups excluding tert-OH is 1. The Morgan fingerprint density at radius 3 is 2.48 bits per heavy atom. The number of benzene rings is 1. The number of tetrazole rings is 1. The first-order valence-electron chi connectivity index (χ1n) is 7.75. The van der Waals surface area contributed by atoms with Crippen molar-refractivity contribution in [2.24, 2.45) is 13.0 Å². The number of piperidine rings is 1. The Bertz CT molecular complexity index is 624. The summed E-state index contributed by atoms with van der Waals surface area (Å²) in [5.41, 5.74) is 2.47. The van der Waals surface area contributed by atoms with Crippen LogP contribution in [0.4, 0.5) is 0 Å². The molecule has 1 aliphatic rings. The Balaban J connectivity index is 0.000000568. The van der Waals surface area contributed by atoms with Gasteiger partial charge in [-0.05, 0) is 36.2 Å². The van der Waals surface area contributed by atoms with E-state index in [4.69, 9.17) is 10.3 Å². The van der Waals surface area contributed by atoms with Gasteiger partial charge < -0.3 is 20.7 Å². The molecule has 3 N–H and O–H groups in total. The molecular weight excluding hydrogens is 492 g/mol. The van der Waals surface area contributed by atoms with Crippen molar-refractivity contribution in [3.8, 4) is 0 Å². The molecule has 0 saturated carbocycles. The van der Waals surface area contributed by atoms with Gasteiger partial charge in [-0.2, -0.15) is 4.80 Å². The summed E-state index contributed by atoms with van der Waals surface area (Å²) in [6.45, 7) is 4.56. The monoisotopic (exact) mass is 516 g/mol. The first-order chi connectivity index (χ1) is 11.5. The van der Waals surface area contributed by atoms with Crippen LogP contribution in [0.25, 0.3) is 0 Å². The fourth-order valence-corrected chi connectivity index (χ4v) is 3.30. The normalized spacial score (nSPS) is 23.3. The van der Waals surface area contributed by atoms with Gasteiger partial charge in [0, 0.05) is 0 Å². The summed E-state index contributed by atoms with van der Waals surface area (Å²) in [7, 11) is 5.89. The van der Waals surface area contributed by atoms with Gasteiger partial charge in [0.25, 0.3) is 0 Å². The average molecular weight is 516 g/mol. The quantitative estimate of drug-likeness (QED) is 0.415. The van der Waals surface area contributed by atoms with E-state index in [2.05, 4.69) is 58.5 Å². The number of nitrogens with one attached hydrogen (secondary N) is 1. The number of likely N-dealkylation sites (tertiary alicyclic amines) is 1. The minimum atomic E-state index is -0.163. The van der Waals surface area contributed by atoms with E-state index in [-0.39, 0.29) is 26.5 Å². The standard InChI is InChI=1S/C15H20N5.CH4NO2.W/c1-12-11-19(2)10-9-15(12,13-7-5-4-6-8-13)14-16-18-20(3)17-14;3-1-2-4;/h4-8,12H,2,9-11H2,1,3H3;1-4H;/q2*-1;+2. The molecule has 1 saturated heterocycles. The zero-order valence-electron chi connectivity index (χ0n) is 14.4. The first kappa shape index (κ1) is 21.9. The van der Waals surface area contributed by atoms with Crippen LogP contribution in [0.5, 0.6) is 0 Å². The van der Waals surface area contributed by atoms with Crippen molar-refractivity contribution in [3.05, 3.63) is 55.5 Å². The van der Waals surface area contributed by atoms with Gasteiger partial charge in [0.05, 0.1) is 12.5 Å². The number of nitrogens with zero attached hydrogens (tertiary/aromatic N) is 5. The molecule has 1 aromatic carbocycles. The Labute approximate surface area is 162 Å². The van der Waals surface area contributed by atoms with Crippen molar-refractivity contribution < 1.29 is 31.4 Å². The van der Waals surface area contributed by atoms with Crippen LogP contribution in [0.3, 0.4) is 0 Å². The second-order valence-corrected chi connectivity index (χ2v) is 5.93. The topological polar surface area (TPSA) is 99.3 Å². The minimum absolute atomic E-state index is 0. The molecule has 3 rings (SSSR count). The molecule has 9 heteroatoms. The van der Waals surface area contributed by atoms with Gasteiger partial charge in [0.15, 0.2) is 5.82 Å². The van der Waals surface area contributed by atoms with Gasteiger partial charge in [0.2, 0.25) is 0 Å². The maximum atomic E-state index is 7.39. The van der Waals surface area contributed by atoms with Crippen molar-refractivity contribution in [3.63, 3.8) is 0 Å². The van der Waals surface area contributed by atoms with Gasteiger partial charge >= 0.3 is 21.1 Å². The zero-order valence-corrected chi connectivity index (χ0v) is 17.3. The number of aryl methyl sites for hydroxylation is 1. The maximum Gasteiger partial charge on any atom is 2.00 e. The van der Waals surface area contributed by atoms with Crippen molar-refractivity contribution in [1.29, 1.82) is 0 Å². The molecule has 0 radical (unpaired) electrons. The molecular formula is C16H24N6O2W. The van der Waals surface area contributed by atoms with Gasteiger partial charge in [-0.25, -0.2) is 0 Å². The summed E-state index contributed by atoms with van der Waals surface area (Å²) >= 11 is 0. The smallest absolute Gasteiger partial charge is 0.549 e. The molecule has 1 aromatic heterocycles. The number of aromatic nitrogens is 4. The molecule has 1 fully saturated rings. The fraction of sp³-hybridized carbons (Fsp3) is 0.438. The van der Waals surface area contributed by atoms with E-state index in [0.717, 1.165) is 25.3 Å². The third-order valence-corrected chi connectivity index (χ3v) is 4.45. The minimum Gasteiger partial charge on any atom is -0.549 e. The third kappa shape index (κ3) is 4.92. The summed E-state index contributed by atoms with van der Waals surface area (Å²) in [6.07, 6.45) is 0.966.